The highest BCUT2D eigenvalue weighted by Gasteiger charge is 2.24. The minimum Gasteiger partial charge on any atom is -0.481 e. The Labute approximate surface area is 144 Å². The molecule has 1 N–H and O–H groups in total. The van der Waals surface area contributed by atoms with Crippen molar-refractivity contribution in [2.75, 3.05) is 38.2 Å². The Balaban J connectivity index is 1.66. The van der Waals surface area contributed by atoms with E-state index in [1.807, 2.05) is 4.90 Å². The van der Waals surface area contributed by atoms with Gasteiger partial charge in [0.1, 0.15) is 0 Å². The molecule has 1 amide bonds. The summed E-state index contributed by atoms with van der Waals surface area (Å²) in [6.45, 7) is 2.21. The van der Waals surface area contributed by atoms with Crippen molar-refractivity contribution in [1.29, 1.82) is 0 Å². The molecule has 1 aromatic heterocycles. The summed E-state index contributed by atoms with van der Waals surface area (Å²) in [7, 11) is 1.55. The first-order chi connectivity index (χ1) is 12.1. The van der Waals surface area contributed by atoms with E-state index < -0.39 is 5.97 Å². The lowest BCUT2D eigenvalue weighted by atomic mass is 10.1. The second-order valence-electron chi connectivity index (χ2n) is 5.56. The highest BCUT2D eigenvalue weighted by atomic mass is 16.5. The van der Waals surface area contributed by atoms with E-state index in [1.54, 1.807) is 36.4 Å². The molecule has 1 saturated heterocycles. The number of amides is 1. The van der Waals surface area contributed by atoms with E-state index in [9.17, 15) is 9.59 Å². The minimum atomic E-state index is -1.05. The van der Waals surface area contributed by atoms with Gasteiger partial charge in [0, 0.05) is 44.0 Å². The van der Waals surface area contributed by atoms with Crippen molar-refractivity contribution < 1.29 is 19.4 Å². The third-order valence-corrected chi connectivity index (χ3v) is 4.03. The molecular formula is C17H18N4O4. The van der Waals surface area contributed by atoms with Crippen molar-refractivity contribution in [3.05, 3.63) is 47.7 Å². The van der Waals surface area contributed by atoms with Crippen LogP contribution < -0.4 is 9.64 Å². The van der Waals surface area contributed by atoms with Gasteiger partial charge in [0.2, 0.25) is 11.8 Å². The Morgan fingerprint density at radius 1 is 1.12 bits per heavy atom. The number of hydrogen-bond acceptors (Lipinski definition) is 6. The van der Waals surface area contributed by atoms with E-state index in [0.29, 0.717) is 43.6 Å². The van der Waals surface area contributed by atoms with Gasteiger partial charge in [-0.2, -0.15) is 4.98 Å². The summed E-state index contributed by atoms with van der Waals surface area (Å²) in [6, 6.07) is 7.77. The number of carboxylic acid groups (broad SMARTS) is 1. The number of methoxy groups -OCH3 is 1. The molecule has 25 heavy (non-hydrogen) atoms. The van der Waals surface area contributed by atoms with E-state index in [2.05, 4.69) is 9.97 Å². The zero-order chi connectivity index (χ0) is 17.8. The van der Waals surface area contributed by atoms with Gasteiger partial charge in [-0.3, -0.25) is 4.79 Å². The zero-order valence-electron chi connectivity index (χ0n) is 13.8. The number of carbonyl (C=O) groups excluding carboxylic acids is 1. The standard InChI is InChI=1S/C17H18N4O4/c1-25-14-5-6-18-17(19-14)21-9-7-20(8-10-21)15(22)12-3-2-4-13(11-12)16(23)24/h2-6,11H,7-10H2,1H3,(H,23,24). The molecule has 1 aliphatic rings. The second kappa shape index (κ2) is 7.16. The van der Waals surface area contributed by atoms with Gasteiger partial charge in [-0.25, -0.2) is 9.78 Å². The van der Waals surface area contributed by atoms with Gasteiger partial charge in [-0.05, 0) is 18.2 Å². The van der Waals surface area contributed by atoms with E-state index in [1.165, 1.54) is 12.1 Å². The summed E-state index contributed by atoms with van der Waals surface area (Å²) < 4.78 is 5.10. The molecule has 0 bridgehead atoms. The molecule has 2 aromatic rings. The molecule has 0 radical (unpaired) electrons. The highest BCUT2D eigenvalue weighted by molar-refractivity contribution is 5.97. The lowest BCUT2D eigenvalue weighted by molar-refractivity contribution is 0.0697. The normalized spacial score (nSPS) is 14.3. The third-order valence-electron chi connectivity index (χ3n) is 4.03. The van der Waals surface area contributed by atoms with Crippen LogP contribution in [0.25, 0.3) is 0 Å². The Kier molecular flexibility index (Phi) is 4.78. The van der Waals surface area contributed by atoms with Crippen LogP contribution in [-0.2, 0) is 0 Å². The van der Waals surface area contributed by atoms with Gasteiger partial charge >= 0.3 is 5.97 Å². The molecular weight excluding hydrogens is 324 g/mol. The molecule has 1 aromatic carbocycles. The second-order valence-corrected chi connectivity index (χ2v) is 5.56. The van der Waals surface area contributed by atoms with Crippen molar-refractivity contribution in [2.24, 2.45) is 0 Å². The van der Waals surface area contributed by atoms with E-state index in [-0.39, 0.29) is 11.5 Å². The van der Waals surface area contributed by atoms with Gasteiger partial charge < -0.3 is 19.6 Å². The average Bonchev–Trinajstić information content (AvgIpc) is 2.67. The summed E-state index contributed by atoms with van der Waals surface area (Å²) in [4.78, 5) is 35.9. The maximum absolute atomic E-state index is 12.6. The largest absolute Gasteiger partial charge is 0.481 e. The summed E-state index contributed by atoms with van der Waals surface area (Å²) in [5.41, 5.74) is 0.486. The fourth-order valence-corrected chi connectivity index (χ4v) is 2.68. The quantitative estimate of drug-likeness (QED) is 0.890. The van der Waals surface area contributed by atoms with Gasteiger partial charge in [0.25, 0.3) is 5.91 Å². The predicted octanol–water partition coefficient (Wildman–Crippen LogP) is 1.15. The Hall–Kier alpha value is -3.16. The van der Waals surface area contributed by atoms with Crippen molar-refractivity contribution in [2.45, 2.75) is 0 Å². The summed E-state index contributed by atoms with van der Waals surface area (Å²) in [6.07, 6.45) is 1.64. The van der Waals surface area contributed by atoms with Crippen LogP contribution >= 0.6 is 0 Å². The predicted molar refractivity (Wildman–Crippen MR) is 90.1 cm³/mol. The summed E-state index contributed by atoms with van der Waals surface area (Å²) in [5.74, 6) is -0.155. The summed E-state index contributed by atoms with van der Waals surface area (Å²) in [5, 5.41) is 9.05. The van der Waals surface area contributed by atoms with Crippen LogP contribution in [0.1, 0.15) is 20.7 Å². The van der Waals surface area contributed by atoms with E-state index in [0.717, 1.165) is 0 Å². The third kappa shape index (κ3) is 3.68. The molecule has 8 heteroatoms. The lowest BCUT2D eigenvalue weighted by Gasteiger charge is -2.34. The van der Waals surface area contributed by atoms with E-state index in [4.69, 9.17) is 9.84 Å². The van der Waals surface area contributed by atoms with Gasteiger partial charge in [-0.1, -0.05) is 6.07 Å². The van der Waals surface area contributed by atoms with Crippen LogP contribution in [0.5, 0.6) is 5.88 Å². The Morgan fingerprint density at radius 3 is 2.52 bits per heavy atom. The van der Waals surface area contributed by atoms with Crippen LogP contribution in [0.4, 0.5) is 5.95 Å². The topological polar surface area (TPSA) is 95.9 Å². The van der Waals surface area contributed by atoms with Crippen LogP contribution in [0.3, 0.4) is 0 Å². The molecule has 3 rings (SSSR count). The van der Waals surface area contributed by atoms with Crippen molar-refractivity contribution in [3.63, 3.8) is 0 Å². The van der Waals surface area contributed by atoms with Gasteiger partial charge in [0.15, 0.2) is 0 Å². The van der Waals surface area contributed by atoms with Crippen molar-refractivity contribution >= 4 is 17.8 Å². The number of nitrogens with zero attached hydrogens (tertiary/aromatic N) is 4. The lowest BCUT2D eigenvalue weighted by Crippen LogP contribution is -2.49. The van der Waals surface area contributed by atoms with Crippen molar-refractivity contribution in [3.8, 4) is 5.88 Å². The van der Waals surface area contributed by atoms with E-state index >= 15 is 0 Å². The zero-order valence-corrected chi connectivity index (χ0v) is 13.8. The molecule has 2 heterocycles. The number of ether oxygens (including phenoxy) is 1. The molecule has 0 unspecified atom stereocenters. The van der Waals surface area contributed by atoms with Crippen LogP contribution in [0, 0.1) is 0 Å². The molecule has 0 saturated carbocycles. The minimum absolute atomic E-state index is 0.106. The average molecular weight is 342 g/mol. The Morgan fingerprint density at radius 2 is 1.84 bits per heavy atom. The van der Waals surface area contributed by atoms with Crippen LogP contribution in [-0.4, -0.2) is 65.1 Å². The molecule has 0 atom stereocenters. The number of rotatable bonds is 4. The number of hydrogen-bond donors (Lipinski definition) is 1. The highest BCUT2D eigenvalue weighted by Crippen LogP contribution is 2.16. The fraction of sp³-hybridized carbons (Fsp3) is 0.294. The Bertz CT molecular complexity index is 788. The number of benzene rings is 1. The first kappa shape index (κ1) is 16.7. The molecule has 8 nitrogen and oxygen atoms in total. The first-order valence-electron chi connectivity index (χ1n) is 7.83. The molecule has 0 spiro atoms. The smallest absolute Gasteiger partial charge is 0.335 e. The van der Waals surface area contributed by atoms with Gasteiger partial charge in [0.05, 0.1) is 12.7 Å². The SMILES string of the molecule is COc1ccnc(N2CCN(C(=O)c3cccc(C(=O)O)c3)CC2)n1. The van der Waals surface area contributed by atoms with Crippen LogP contribution in [0.15, 0.2) is 36.5 Å². The monoisotopic (exact) mass is 342 g/mol. The number of piperazine rings is 1. The molecule has 130 valence electrons. The molecule has 1 aliphatic heterocycles. The number of aromatic carboxylic acids is 1. The number of anilines is 1. The van der Waals surface area contributed by atoms with Gasteiger partial charge in [-0.15, -0.1) is 0 Å². The maximum atomic E-state index is 12.6. The maximum Gasteiger partial charge on any atom is 0.335 e. The number of aromatic nitrogens is 2. The van der Waals surface area contributed by atoms with Crippen molar-refractivity contribution in [1.82, 2.24) is 14.9 Å². The first-order valence-corrected chi connectivity index (χ1v) is 7.83. The van der Waals surface area contributed by atoms with Crippen LogP contribution in [0.2, 0.25) is 0 Å². The number of carboxylic acids is 1. The fourth-order valence-electron chi connectivity index (χ4n) is 2.68. The number of carbonyl (C=O) groups is 2. The summed E-state index contributed by atoms with van der Waals surface area (Å²) >= 11 is 0. The molecule has 0 aliphatic carbocycles. The molecule has 1 fully saturated rings.